The molecule has 3 aliphatic rings. The number of nitrogens with two attached hydrogens (primary N) is 2. The van der Waals surface area contributed by atoms with Crippen LogP contribution >= 0.6 is 11.8 Å². The summed E-state index contributed by atoms with van der Waals surface area (Å²) >= 11 is 1.47. The third-order valence-corrected chi connectivity index (χ3v) is 8.49. The zero-order valence-corrected chi connectivity index (χ0v) is 20.5. The van der Waals surface area contributed by atoms with Crippen molar-refractivity contribution in [2.24, 2.45) is 16.9 Å². The molecular formula is C25H30N8OS. The Morgan fingerprint density at radius 3 is 2.71 bits per heavy atom. The highest BCUT2D eigenvalue weighted by Gasteiger charge is 2.46. The molecule has 1 saturated heterocycles. The molecule has 35 heavy (non-hydrogen) atoms. The van der Waals surface area contributed by atoms with Crippen molar-refractivity contribution in [2.75, 3.05) is 30.8 Å². The van der Waals surface area contributed by atoms with Crippen molar-refractivity contribution in [2.45, 2.75) is 48.1 Å². The highest BCUT2D eigenvalue weighted by molar-refractivity contribution is 7.99. The fourth-order valence-corrected chi connectivity index (χ4v) is 6.46. The van der Waals surface area contributed by atoms with Crippen LogP contribution in [0.15, 0.2) is 52.6 Å². The van der Waals surface area contributed by atoms with E-state index < -0.39 is 0 Å². The second-order valence-corrected chi connectivity index (χ2v) is 10.6. The number of nitrogens with zero attached hydrogens (tertiary/aromatic N) is 4. The summed E-state index contributed by atoms with van der Waals surface area (Å²) in [6, 6.07) is 10.8. The first-order valence-corrected chi connectivity index (χ1v) is 12.8. The standard InChI is InChI=1S/C25H30N8OS/c1-34-23-18(10-15(12-26)13-29-23)35-19-14-28-21-22(30-19)32-24(31-21)33-8-6-25(7-9-33)11-16-4-2-3-5-17(16)20(25)27/h2-5,10,13-14,20,24H,6-9,11-12,26-27H2,1H3,(H,28,31)(H,30,32). The van der Waals surface area contributed by atoms with Crippen LogP contribution in [0, 0.1) is 5.41 Å². The van der Waals surface area contributed by atoms with Gasteiger partial charge >= 0.3 is 0 Å². The minimum Gasteiger partial charge on any atom is -0.480 e. The molecule has 9 nitrogen and oxygen atoms in total. The summed E-state index contributed by atoms with van der Waals surface area (Å²) in [5.74, 6) is 2.07. The van der Waals surface area contributed by atoms with E-state index in [1.165, 1.54) is 22.9 Å². The van der Waals surface area contributed by atoms with Crippen molar-refractivity contribution < 1.29 is 4.74 Å². The number of fused-ring (bicyclic) bond motifs is 2. The molecule has 0 amide bonds. The molecule has 1 aromatic carbocycles. The van der Waals surface area contributed by atoms with Crippen LogP contribution in [-0.4, -0.2) is 46.3 Å². The molecule has 4 heterocycles. The smallest absolute Gasteiger partial charge is 0.227 e. The number of anilines is 2. The Morgan fingerprint density at radius 1 is 1.14 bits per heavy atom. The normalized spacial score (nSPS) is 22.4. The summed E-state index contributed by atoms with van der Waals surface area (Å²) in [6.45, 7) is 2.36. The number of hydrogen-bond acceptors (Lipinski definition) is 10. The van der Waals surface area contributed by atoms with Crippen LogP contribution in [0.2, 0.25) is 0 Å². The van der Waals surface area contributed by atoms with E-state index in [0.29, 0.717) is 12.4 Å². The number of piperidine rings is 1. The second-order valence-electron chi connectivity index (χ2n) is 9.51. The van der Waals surface area contributed by atoms with Gasteiger partial charge in [-0.25, -0.2) is 15.0 Å². The molecule has 0 radical (unpaired) electrons. The van der Waals surface area contributed by atoms with Crippen LogP contribution in [0.3, 0.4) is 0 Å². The average molecular weight is 491 g/mol. The van der Waals surface area contributed by atoms with Gasteiger partial charge in [-0.05, 0) is 47.4 Å². The van der Waals surface area contributed by atoms with E-state index in [1.54, 1.807) is 19.5 Å². The monoisotopic (exact) mass is 490 g/mol. The number of methoxy groups -OCH3 is 1. The Kier molecular flexibility index (Phi) is 5.76. The molecule has 6 rings (SSSR count). The highest BCUT2D eigenvalue weighted by Crippen LogP contribution is 2.51. The Balaban J connectivity index is 1.12. The maximum absolute atomic E-state index is 6.75. The molecule has 3 aromatic rings. The number of aromatic nitrogens is 3. The third-order valence-electron chi connectivity index (χ3n) is 7.57. The maximum Gasteiger partial charge on any atom is 0.227 e. The summed E-state index contributed by atoms with van der Waals surface area (Å²) in [5, 5.41) is 7.77. The van der Waals surface area contributed by atoms with Gasteiger partial charge in [0.25, 0.3) is 0 Å². The maximum atomic E-state index is 6.75. The average Bonchev–Trinajstić information content (AvgIpc) is 3.43. The van der Waals surface area contributed by atoms with E-state index in [1.807, 2.05) is 6.07 Å². The Labute approximate surface area is 209 Å². The summed E-state index contributed by atoms with van der Waals surface area (Å²) in [7, 11) is 1.61. The van der Waals surface area contributed by atoms with E-state index in [-0.39, 0.29) is 17.7 Å². The van der Waals surface area contributed by atoms with Crippen LogP contribution in [0.5, 0.6) is 5.88 Å². The number of hydrogen-bond donors (Lipinski definition) is 4. The van der Waals surface area contributed by atoms with Crippen molar-refractivity contribution in [3.05, 3.63) is 59.4 Å². The van der Waals surface area contributed by atoms with Crippen molar-refractivity contribution in [1.29, 1.82) is 0 Å². The third kappa shape index (κ3) is 4.00. The topological polar surface area (TPSA) is 127 Å². The molecule has 2 atom stereocenters. The van der Waals surface area contributed by atoms with Gasteiger partial charge in [0, 0.05) is 31.9 Å². The fourth-order valence-electron chi connectivity index (χ4n) is 5.56. The number of ether oxygens (including phenoxy) is 1. The largest absolute Gasteiger partial charge is 0.480 e. The quantitative estimate of drug-likeness (QED) is 0.424. The molecule has 10 heteroatoms. The van der Waals surface area contributed by atoms with Gasteiger partial charge in [-0.1, -0.05) is 36.0 Å². The number of likely N-dealkylation sites (tertiary alicyclic amines) is 1. The van der Waals surface area contributed by atoms with Gasteiger partial charge in [0.05, 0.1) is 18.2 Å². The first kappa shape index (κ1) is 22.5. The molecule has 2 unspecified atom stereocenters. The van der Waals surface area contributed by atoms with Gasteiger partial charge < -0.3 is 26.8 Å². The molecule has 182 valence electrons. The van der Waals surface area contributed by atoms with Crippen LogP contribution in [0.4, 0.5) is 11.6 Å². The van der Waals surface area contributed by atoms with Gasteiger partial charge in [0.1, 0.15) is 5.03 Å². The summed E-state index contributed by atoms with van der Waals surface area (Å²) in [6.07, 6.45) is 6.70. The van der Waals surface area contributed by atoms with Gasteiger partial charge in [-0.15, -0.1) is 0 Å². The SMILES string of the molecule is COc1ncc(CN)cc1Sc1cnc2c(n1)NC(N1CCC3(CC1)Cc1ccccc1C3N)N2. The van der Waals surface area contributed by atoms with Crippen LogP contribution < -0.4 is 26.8 Å². The zero-order chi connectivity index (χ0) is 24.0. The number of nitrogens with one attached hydrogen (secondary N) is 2. The second kappa shape index (κ2) is 8.94. The molecule has 0 saturated carbocycles. The summed E-state index contributed by atoms with van der Waals surface area (Å²) in [4.78, 5) is 17.1. The Bertz CT molecular complexity index is 1250. The summed E-state index contributed by atoms with van der Waals surface area (Å²) in [5.41, 5.74) is 16.4. The molecule has 6 N–H and O–H groups in total. The van der Waals surface area contributed by atoms with Gasteiger partial charge in [0.2, 0.25) is 5.88 Å². The molecule has 2 aliphatic heterocycles. The predicted molar refractivity (Wildman–Crippen MR) is 136 cm³/mol. The van der Waals surface area contributed by atoms with Crippen molar-refractivity contribution in [1.82, 2.24) is 19.9 Å². The van der Waals surface area contributed by atoms with Crippen molar-refractivity contribution in [3.8, 4) is 5.88 Å². The minimum absolute atomic E-state index is 0.0284. The van der Waals surface area contributed by atoms with E-state index in [2.05, 4.69) is 49.8 Å². The highest BCUT2D eigenvalue weighted by atomic mass is 32.2. The molecule has 1 fully saturated rings. The molecule has 1 spiro atoms. The zero-order valence-electron chi connectivity index (χ0n) is 19.7. The summed E-state index contributed by atoms with van der Waals surface area (Å²) < 4.78 is 5.41. The van der Waals surface area contributed by atoms with Gasteiger partial charge in [-0.3, -0.25) is 4.90 Å². The lowest BCUT2D eigenvalue weighted by Crippen LogP contribution is -2.51. The molecule has 2 aromatic heterocycles. The first-order chi connectivity index (χ1) is 17.1. The van der Waals surface area contributed by atoms with E-state index >= 15 is 0 Å². The first-order valence-electron chi connectivity index (χ1n) is 12.0. The lowest BCUT2D eigenvalue weighted by molar-refractivity contribution is 0.0762. The molecular weight excluding hydrogens is 460 g/mol. The lowest BCUT2D eigenvalue weighted by atomic mass is 9.73. The predicted octanol–water partition coefficient (Wildman–Crippen LogP) is 2.95. The van der Waals surface area contributed by atoms with E-state index in [0.717, 1.165) is 59.5 Å². The van der Waals surface area contributed by atoms with Crippen LogP contribution in [0.1, 0.15) is 35.6 Å². The Hall–Kier alpha value is -2.92. The minimum atomic E-state index is -0.0284. The van der Waals surface area contributed by atoms with Gasteiger partial charge in [0.15, 0.2) is 17.9 Å². The number of rotatable bonds is 5. The lowest BCUT2D eigenvalue weighted by Gasteiger charge is -2.43. The molecule has 0 bridgehead atoms. The number of pyridine rings is 1. The number of benzene rings is 1. The van der Waals surface area contributed by atoms with Crippen molar-refractivity contribution >= 4 is 23.4 Å². The fraction of sp³-hybridized carbons (Fsp3) is 0.400. The van der Waals surface area contributed by atoms with Crippen LogP contribution in [-0.2, 0) is 13.0 Å². The Morgan fingerprint density at radius 2 is 1.94 bits per heavy atom. The van der Waals surface area contributed by atoms with Crippen LogP contribution in [0.25, 0.3) is 0 Å². The van der Waals surface area contributed by atoms with Gasteiger partial charge in [-0.2, -0.15) is 0 Å². The molecule has 1 aliphatic carbocycles. The van der Waals surface area contributed by atoms with E-state index in [9.17, 15) is 0 Å². The van der Waals surface area contributed by atoms with Crippen molar-refractivity contribution in [3.63, 3.8) is 0 Å². The van der Waals surface area contributed by atoms with E-state index in [4.69, 9.17) is 21.2 Å².